The molecule has 9 aromatic rings. The average Bonchev–Trinajstić information content (AvgIpc) is 3.49. The Balaban J connectivity index is 1.30. The third-order valence-electron chi connectivity index (χ3n) is 8.98. The number of benzene rings is 7. The molecule has 47 heavy (non-hydrogen) atoms. The maximum atomic E-state index is 5.19. The lowest BCUT2D eigenvalue weighted by Gasteiger charge is -2.13. The lowest BCUT2D eigenvalue weighted by atomic mass is 9.95. The van der Waals surface area contributed by atoms with Crippen LogP contribution in [0.15, 0.2) is 176 Å². The summed E-state index contributed by atoms with van der Waals surface area (Å²) in [6.07, 6.45) is 0. The number of para-hydroxylation sites is 3. The molecular weight excluding hydrogens is 571 g/mol. The average molecular weight is 600 g/mol. The molecule has 0 aliphatic heterocycles. The Kier molecular flexibility index (Phi) is 6.46. The minimum atomic E-state index is 0.877. The molecule has 0 saturated carbocycles. The number of aromatic nitrogens is 3. The van der Waals surface area contributed by atoms with Gasteiger partial charge in [-0.25, -0.2) is 9.97 Å². The highest BCUT2D eigenvalue weighted by atomic mass is 15.0. The number of hydrogen-bond acceptors (Lipinski definition) is 2. The first kappa shape index (κ1) is 27.0. The second-order valence-electron chi connectivity index (χ2n) is 11.8. The molecule has 0 spiro atoms. The Morgan fingerprint density at radius 2 is 0.936 bits per heavy atom. The van der Waals surface area contributed by atoms with Crippen LogP contribution in [0.25, 0.3) is 83.3 Å². The van der Waals surface area contributed by atoms with Crippen molar-refractivity contribution in [3.63, 3.8) is 0 Å². The highest BCUT2D eigenvalue weighted by molar-refractivity contribution is 6.16. The smallest absolute Gasteiger partial charge is 0.0973 e. The van der Waals surface area contributed by atoms with E-state index < -0.39 is 0 Å². The summed E-state index contributed by atoms with van der Waals surface area (Å²) in [5.41, 5.74) is 13.8. The van der Waals surface area contributed by atoms with Crippen molar-refractivity contribution in [3.05, 3.63) is 176 Å². The molecular formula is C44H29N3. The van der Waals surface area contributed by atoms with E-state index in [1.165, 1.54) is 38.5 Å². The van der Waals surface area contributed by atoms with Gasteiger partial charge in [0.05, 0.1) is 33.5 Å². The zero-order valence-electron chi connectivity index (χ0n) is 25.6. The van der Waals surface area contributed by atoms with Crippen LogP contribution in [-0.4, -0.2) is 14.5 Å². The minimum absolute atomic E-state index is 0.877. The largest absolute Gasteiger partial charge is 0.309 e. The summed E-state index contributed by atoms with van der Waals surface area (Å²) in [5, 5.41) is 2.45. The van der Waals surface area contributed by atoms with Gasteiger partial charge < -0.3 is 4.57 Å². The lowest BCUT2D eigenvalue weighted by molar-refractivity contribution is 1.18. The van der Waals surface area contributed by atoms with Crippen molar-refractivity contribution < 1.29 is 0 Å². The fraction of sp³-hybridized carbons (Fsp3) is 0. The Morgan fingerprint density at radius 3 is 1.66 bits per heavy atom. The molecule has 0 unspecified atom stereocenters. The Labute approximate surface area is 273 Å². The number of rotatable bonds is 5. The van der Waals surface area contributed by atoms with E-state index in [0.717, 1.165) is 44.8 Å². The van der Waals surface area contributed by atoms with E-state index >= 15 is 0 Å². The molecule has 2 heterocycles. The van der Waals surface area contributed by atoms with E-state index in [-0.39, 0.29) is 0 Å². The molecule has 0 aliphatic carbocycles. The van der Waals surface area contributed by atoms with Gasteiger partial charge in [-0.05, 0) is 70.8 Å². The highest BCUT2D eigenvalue weighted by Gasteiger charge is 2.19. The maximum Gasteiger partial charge on any atom is 0.0973 e. The maximum absolute atomic E-state index is 5.19. The summed E-state index contributed by atoms with van der Waals surface area (Å²) in [4.78, 5) is 10.3. The van der Waals surface area contributed by atoms with E-state index in [1.54, 1.807) is 0 Å². The summed E-state index contributed by atoms with van der Waals surface area (Å²) in [6.45, 7) is 0. The van der Waals surface area contributed by atoms with Crippen LogP contribution >= 0.6 is 0 Å². The van der Waals surface area contributed by atoms with Crippen LogP contribution in [0.4, 0.5) is 0 Å². The molecule has 0 N–H and O–H groups in total. The molecule has 0 aliphatic rings. The van der Waals surface area contributed by atoms with E-state index in [0.29, 0.717) is 0 Å². The quantitative estimate of drug-likeness (QED) is 0.197. The van der Waals surface area contributed by atoms with Gasteiger partial charge in [0.25, 0.3) is 0 Å². The molecule has 0 saturated heterocycles. The summed E-state index contributed by atoms with van der Waals surface area (Å²) in [6, 6.07) is 62.0. The SMILES string of the molecule is c1ccc(-c2ccc3c(c2)c2c(-c4cccc(-c5nc6ccccc6nc5-c5ccccc5)c4)cccc2n3-c2ccccc2)cc1. The van der Waals surface area contributed by atoms with E-state index in [2.05, 4.69) is 150 Å². The standard InChI is InChI=1S/C44H29N3/c1-4-14-30(15-5-1)32-26-27-40-37(29-32)42-36(22-13-25-41(42)47(40)35-20-8-3-9-21-35)33-18-12-19-34(28-33)44-43(31-16-6-2-7-17-31)45-38-23-10-11-24-39(38)46-44/h1-29H. The zero-order chi connectivity index (χ0) is 31.2. The van der Waals surface area contributed by atoms with Crippen LogP contribution in [0.3, 0.4) is 0 Å². The van der Waals surface area contributed by atoms with Crippen LogP contribution in [0.1, 0.15) is 0 Å². The monoisotopic (exact) mass is 599 g/mol. The van der Waals surface area contributed by atoms with Gasteiger partial charge >= 0.3 is 0 Å². The number of nitrogens with zero attached hydrogens (tertiary/aromatic N) is 3. The van der Waals surface area contributed by atoms with Crippen molar-refractivity contribution in [2.24, 2.45) is 0 Å². The normalized spacial score (nSPS) is 11.4. The predicted molar refractivity (Wildman–Crippen MR) is 196 cm³/mol. The fourth-order valence-corrected chi connectivity index (χ4v) is 6.81. The molecule has 0 fully saturated rings. The van der Waals surface area contributed by atoms with Crippen LogP contribution < -0.4 is 0 Å². The Bertz CT molecular complexity index is 2550. The number of hydrogen-bond donors (Lipinski definition) is 0. The van der Waals surface area contributed by atoms with E-state index in [9.17, 15) is 0 Å². The van der Waals surface area contributed by atoms with Crippen LogP contribution in [0.5, 0.6) is 0 Å². The first-order chi connectivity index (χ1) is 23.3. The zero-order valence-corrected chi connectivity index (χ0v) is 25.6. The van der Waals surface area contributed by atoms with Crippen molar-refractivity contribution in [1.82, 2.24) is 14.5 Å². The second kappa shape index (κ2) is 11.2. The summed E-state index contributed by atoms with van der Waals surface area (Å²) < 4.78 is 2.38. The van der Waals surface area contributed by atoms with Gasteiger partial charge in [0.15, 0.2) is 0 Å². The van der Waals surface area contributed by atoms with Crippen molar-refractivity contribution >= 4 is 32.8 Å². The molecule has 7 aromatic carbocycles. The second-order valence-corrected chi connectivity index (χ2v) is 11.8. The van der Waals surface area contributed by atoms with Gasteiger partial charge in [0.1, 0.15) is 0 Å². The van der Waals surface area contributed by atoms with Crippen LogP contribution in [0.2, 0.25) is 0 Å². The van der Waals surface area contributed by atoms with Crippen molar-refractivity contribution in [2.45, 2.75) is 0 Å². The van der Waals surface area contributed by atoms with Gasteiger partial charge in [-0.15, -0.1) is 0 Å². The minimum Gasteiger partial charge on any atom is -0.309 e. The van der Waals surface area contributed by atoms with Crippen molar-refractivity contribution in [3.8, 4) is 50.5 Å². The van der Waals surface area contributed by atoms with E-state index in [1.807, 2.05) is 30.3 Å². The van der Waals surface area contributed by atoms with Gasteiger partial charge in [0, 0.05) is 27.6 Å². The molecule has 0 atom stereocenters. The molecule has 0 amide bonds. The third kappa shape index (κ3) is 4.68. The predicted octanol–water partition coefficient (Wildman–Crippen LogP) is 11.4. The molecule has 3 heteroatoms. The van der Waals surface area contributed by atoms with Crippen LogP contribution in [0, 0.1) is 0 Å². The first-order valence-corrected chi connectivity index (χ1v) is 15.9. The van der Waals surface area contributed by atoms with Crippen LogP contribution in [-0.2, 0) is 0 Å². The first-order valence-electron chi connectivity index (χ1n) is 15.9. The Morgan fingerprint density at radius 1 is 0.362 bits per heavy atom. The molecule has 3 nitrogen and oxygen atoms in total. The van der Waals surface area contributed by atoms with Gasteiger partial charge in [0.2, 0.25) is 0 Å². The van der Waals surface area contributed by atoms with Gasteiger partial charge in [-0.3, -0.25) is 0 Å². The highest BCUT2D eigenvalue weighted by Crippen LogP contribution is 2.41. The summed E-state index contributed by atoms with van der Waals surface area (Å²) >= 11 is 0. The van der Waals surface area contributed by atoms with E-state index in [4.69, 9.17) is 9.97 Å². The topological polar surface area (TPSA) is 30.7 Å². The molecule has 0 radical (unpaired) electrons. The lowest BCUT2D eigenvalue weighted by Crippen LogP contribution is -1.95. The molecule has 220 valence electrons. The third-order valence-corrected chi connectivity index (χ3v) is 8.98. The summed E-state index contributed by atoms with van der Waals surface area (Å²) in [7, 11) is 0. The van der Waals surface area contributed by atoms with Crippen molar-refractivity contribution in [2.75, 3.05) is 0 Å². The van der Waals surface area contributed by atoms with Gasteiger partial charge in [-0.1, -0.05) is 127 Å². The van der Waals surface area contributed by atoms with Gasteiger partial charge in [-0.2, -0.15) is 0 Å². The Hall–Kier alpha value is -6.32. The molecule has 9 rings (SSSR count). The number of fused-ring (bicyclic) bond motifs is 4. The van der Waals surface area contributed by atoms with Crippen molar-refractivity contribution in [1.29, 1.82) is 0 Å². The molecule has 2 aromatic heterocycles. The fourth-order valence-electron chi connectivity index (χ4n) is 6.81. The summed E-state index contributed by atoms with van der Waals surface area (Å²) in [5.74, 6) is 0. The molecule has 0 bridgehead atoms.